The van der Waals surface area contributed by atoms with Crippen LogP contribution in [0, 0.1) is 12.7 Å². The number of carboxylic acids is 1. The van der Waals surface area contributed by atoms with Gasteiger partial charge in [0.1, 0.15) is 5.82 Å². The molecule has 1 aromatic heterocycles. The standard InChI is InChI=1S/C13H12FNO2S/c1-8-11(7-13(16)17)18-12(15-8)6-9-4-2-3-5-10(9)14/h2-5H,6-7H2,1H3,(H,16,17). The van der Waals surface area contributed by atoms with Gasteiger partial charge in [-0.1, -0.05) is 18.2 Å². The first-order valence-electron chi connectivity index (χ1n) is 5.46. The zero-order valence-electron chi connectivity index (χ0n) is 9.81. The van der Waals surface area contributed by atoms with Gasteiger partial charge < -0.3 is 5.11 Å². The molecule has 0 aliphatic carbocycles. The second-order valence-corrected chi connectivity index (χ2v) is 5.12. The molecule has 2 rings (SSSR count). The first kappa shape index (κ1) is 12.7. The molecule has 18 heavy (non-hydrogen) atoms. The van der Waals surface area contributed by atoms with Gasteiger partial charge in [-0.2, -0.15) is 0 Å². The Kier molecular flexibility index (Phi) is 3.72. The number of thiazole rings is 1. The quantitative estimate of drug-likeness (QED) is 0.924. The minimum atomic E-state index is -0.876. The van der Waals surface area contributed by atoms with E-state index in [-0.39, 0.29) is 12.2 Å². The van der Waals surface area contributed by atoms with Crippen molar-refractivity contribution in [2.75, 3.05) is 0 Å². The molecule has 1 heterocycles. The number of benzene rings is 1. The molecule has 2 aromatic rings. The molecule has 0 saturated carbocycles. The summed E-state index contributed by atoms with van der Waals surface area (Å²) in [4.78, 5) is 15.7. The van der Waals surface area contributed by atoms with Crippen molar-refractivity contribution in [2.24, 2.45) is 0 Å². The molecule has 0 fully saturated rings. The number of rotatable bonds is 4. The molecule has 5 heteroatoms. The molecule has 0 amide bonds. The van der Waals surface area contributed by atoms with Crippen LogP contribution in [0.4, 0.5) is 4.39 Å². The van der Waals surface area contributed by atoms with Gasteiger partial charge in [0.15, 0.2) is 0 Å². The molecule has 94 valence electrons. The Hall–Kier alpha value is -1.75. The average Bonchev–Trinajstić information content (AvgIpc) is 2.62. The maximum atomic E-state index is 13.5. The molecule has 0 aliphatic heterocycles. The Morgan fingerprint density at radius 3 is 2.83 bits per heavy atom. The Morgan fingerprint density at radius 2 is 2.17 bits per heavy atom. The summed E-state index contributed by atoms with van der Waals surface area (Å²) >= 11 is 1.33. The summed E-state index contributed by atoms with van der Waals surface area (Å²) in [5.41, 5.74) is 1.29. The molecule has 0 saturated heterocycles. The molecular formula is C13H12FNO2S. The summed E-state index contributed by atoms with van der Waals surface area (Å²) in [5.74, 6) is -1.13. The fourth-order valence-corrected chi connectivity index (χ4v) is 2.75. The Balaban J connectivity index is 2.20. The first-order valence-corrected chi connectivity index (χ1v) is 6.28. The summed E-state index contributed by atoms with van der Waals surface area (Å²) in [7, 11) is 0. The van der Waals surface area contributed by atoms with Gasteiger partial charge in [-0.05, 0) is 18.6 Å². The molecule has 3 nitrogen and oxygen atoms in total. The number of carboxylic acid groups (broad SMARTS) is 1. The van der Waals surface area contributed by atoms with Crippen LogP contribution in [0.15, 0.2) is 24.3 Å². The third-order valence-electron chi connectivity index (χ3n) is 2.55. The van der Waals surface area contributed by atoms with E-state index in [1.807, 2.05) is 0 Å². The van der Waals surface area contributed by atoms with Crippen LogP contribution in [-0.4, -0.2) is 16.1 Å². The number of aliphatic carboxylic acids is 1. The van der Waals surface area contributed by atoms with Crippen molar-refractivity contribution in [2.45, 2.75) is 19.8 Å². The van der Waals surface area contributed by atoms with Crippen molar-refractivity contribution in [1.82, 2.24) is 4.98 Å². The smallest absolute Gasteiger partial charge is 0.308 e. The van der Waals surface area contributed by atoms with Crippen LogP contribution in [0.3, 0.4) is 0 Å². The lowest BCUT2D eigenvalue weighted by atomic mass is 10.1. The predicted molar refractivity (Wildman–Crippen MR) is 67.4 cm³/mol. The zero-order chi connectivity index (χ0) is 13.1. The normalized spacial score (nSPS) is 10.6. The minimum Gasteiger partial charge on any atom is -0.481 e. The van der Waals surface area contributed by atoms with Crippen molar-refractivity contribution in [3.05, 3.63) is 51.2 Å². The van der Waals surface area contributed by atoms with Crippen molar-refractivity contribution in [1.29, 1.82) is 0 Å². The van der Waals surface area contributed by atoms with E-state index in [1.165, 1.54) is 17.4 Å². The number of aromatic nitrogens is 1. The third-order valence-corrected chi connectivity index (χ3v) is 3.71. The number of nitrogens with zero attached hydrogens (tertiary/aromatic N) is 1. The van der Waals surface area contributed by atoms with E-state index in [9.17, 15) is 9.18 Å². The highest BCUT2D eigenvalue weighted by Gasteiger charge is 2.12. The fraction of sp³-hybridized carbons (Fsp3) is 0.231. The summed E-state index contributed by atoms with van der Waals surface area (Å²) in [6.07, 6.45) is 0.374. The van der Waals surface area contributed by atoms with Gasteiger partial charge in [0.2, 0.25) is 0 Å². The average molecular weight is 265 g/mol. The van der Waals surface area contributed by atoms with E-state index < -0.39 is 5.97 Å². The van der Waals surface area contributed by atoms with E-state index in [0.717, 1.165) is 9.88 Å². The molecule has 0 unspecified atom stereocenters. The summed E-state index contributed by atoms with van der Waals surface area (Å²) in [5, 5.41) is 9.50. The SMILES string of the molecule is Cc1nc(Cc2ccccc2F)sc1CC(=O)O. The van der Waals surface area contributed by atoms with Crippen LogP contribution in [0.25, 0.3) is 0 Å². The second kappa shape index (κ2) is 5.27. The zero-order valence-corrected chi connectivity index (χ0v) is 10.6. The van der Waals surface area contributed by atoms with Crippen LogP contribution in [-0.2, 0) is 17.6 Å². The van der Waals surface area contributed by atoms with Crippen LogP contribution < -0.4 is 0 Å². The lowest BCUT2D eigenvalue weighted by Gasteiger charge is -1.98. The van der Waals surface area contributed by atoms with E-state index in [0.29, 0.717) is 17.7 Å². The van der Waals surface area contributed by atoms with Gasteiger partial charge in [-0.25, -0.2) is 9.37 Å². The number of aryl methyl sites for hydroxylation is 1. The first-order chi connectivity index (χ1) is 8.56. The summed E-state index contributed by atoms with van der Waals surface area (Å²) in [6, 6.07) is 6.54. The van der Waals surface area contributed by atoms with Gasteiger partial charge in [-0.15, -0.1) is 11.3 Å². The van der Waals surface area contributed by atoms with E-state index >= 15 is 0 Å². The maximum Gasteiger partial charge on any atom is 0.308 e. The van der Waals surface area contributed by atoms with Crippen LogP contribution in [0.2, 0.25) is 0 Å². The van der Waals surface area contributed by atoms with Crippen LogP contribution in [0.5, 0.6) is 0 Å². The molecular weight excluding hydrogens is 253 g/mol. The lowest BCUT2D eigenvalue weighted by molar-refractivity contribution is -0.136. The highest BCUT2D eigenvalue weighted by Crippen LogP contribution is 2.22. The molecule has 0 radical (unpaired) electrons. The topological polar surface area (TPSA) is 50.2 Å². The minimum absolute atomic E-state index is 0.0270. The van der Waals surface area contributed by atoms with Crippen molar-refractivity contribution in [3.8, 4) is 0 Å². The second-order valence-electron chi connectivity index (χ2n) is 3.95. The monoisotopic (exact) mass is 265 g/mol. The lowest BCUT2D eigenvalue weighted by Crippen LogP contribution is -1.99. The van der Waals surface area contributed by atoms with Crippen molar-refractivity contribution < 1.29 is 14.3 Å². The number of carbonyl (C=O) groups is 1. The van der Waals surface area contributed by atoms with Crippen molar-refractivity contribution >= 4 is 17.3 Å². The molecule has 0 aliphatic rings. The highest BCUT2D eigenvalue weighted by molar-refractivity contribution is 7.11. The van der Waals surface area contributed by atoms with E-state index in [1.54, 1.807) is 25.1 Å². The summed E-state index contributed by atoms with van der Waals surface area (Å²) in [6.45, 7) is 1.78. The van der Waals surface area contributed by atoms with Gasteiger partial charge in [0.05, 0.1) is 17.1 Å². The number of halogens is 1. The molecule has 1 aromatic carbocycles. The number of hydrogen-bond acceptors (Lipinski definition) is 3. The van der Waals surface area contributed by atoms with E-state index in [2.05, 4.69) is 4.98 Å². The van der Waals surface area contributed by atoms with Gasteiger partial charge >= 0.3 is 5.97 Å². The molecule has 0 bridgehead atoms. The van der Waals surface area contributed by atoms with E-state index in [4.69, 9.17) is 5.11 Å². The fourth-order valence-electron chi connectivity index (χ4n) is 1.67. The van der Waals surface area contributed by atoms with Crippen LogP contribution >= 0.6 is 11.3 Å². The molecule has 1 N–H and O–H groups in total. The maximum absolute atomic E-state index is 13.5. The van der Waals surface area contributed by atoms with Crippen molar-refractivity contribution in [3.63, 3.8) is 0 Å². The molecule has 0 atom stereocenters. The largest absolute Gasteiger partial charge is 0.481 e. The highest BCUT2D eigenvalue weighted by atomic mass is 32.1. The Labute approximate surface area is 108 Å². The Morgan fingerprint density at radius 1 is 1.44 bits per heavy atom. The van der Waals surface area contributed by atoms with Gasteiger partial charge in [0, 0.05) is 11.3 Å². The number of hydrogen-bond donors (Lipinski definition) is 1. The summed E-state index contributed by atoms with van der Waals surface area (Å²) < 4.78 is 13.5. The van der Waals surface area contributed by atoms with Gasteiger partial charge in [0.25, 0.3) is 0 Å². The van der Waals surface area contributed by atoms with Gasteiger partial charge in [-0.3, -0.25) is 4.79 Å². The molecule has 0 spiro atoms. The predicted octanol–water partition coefficient (Wildman–Crippen LogP) is 2.81. The Bertz CT molecular complexity index is 580. The van der Waals surface area contributed by atoms with Crippen LogP contribution in [0.1, 0.15) is 21.1 Å². The third kappa shape index (κ3) is 2.92.